The molecule has 166 valence electrons. The van der Waals surface area contributed by atoms with E-state index in [1.165, 1.54) is 11.6 Å². The maximum absolute atomic E-state index is 7.91. The maximum Gasteiger partial charge on any atom is 0.146 e. The van der Waals surface area contributed by atoms with Gasteiger partial charge in [-0.25, -0.2) is 10.4 Å². The summed E-state index contributed by atoms with van der Waals surface area (Å²) in [5.74, 6) is 0.415. The Bertz CT molecular complexity index is 1130. The molecule has 1 unspecified atom stereocenters. The second-order valence-corrected chi connectivity index (χ2v) is 8.28. The SMILES string of the molecule is CCC(=N)C=CC(=N)N=C(N)Cc1ccc2ncc(C3=CN(C4CNC4)NC3C)cc2c1. The monoisotopic (exact) mass is 430 g/mol. The number of allylic oxidation sites excluding steroid dienone is 1. The number of amidine groups is 2. The Morgan fingerprint density at radius 1 is 1.28 bits per heavy atom. The molecule has 0 aliphatic carbocycles. The van der Waals surface area contributed by atoms with Crippen LogP contribution in [-0.4, -0.2) is 52.5 Å². The summed E-state index contributed by atoms with van der Waals surface area (Å²) >= 11 is 0. The standard InChI is InChI=1S/C24H30N8/c1-3-19(25)5-7-23(26)30-24(27)9-16-4-6-22-17(8-16)10-18(11-29-22)21-14-32(31-15(21)2)20-12-28-13-20/h4-8,10-11,14-15,20,25,28,31H,3,9,12-13H2,1-2H3,(H3,26,27,30). The number of nitrogens with zero attached hydrogens (tertiary/aromatic N) is 3. The molecule has 3 heterocycles. The molecule has 8 heteroatoms. The van der Waals surface area contributed by atoms with Gasteiger partial charge in [-0.15, -0.1) is 0 Å². The van der Waals surface area contributed by atoms with E-state index in [9.17, 15) is 0 Å². The van der Waals surface area contributed by atoms with Gasteiger partial charge in [0.25, 0.3) is 0 Å². The van der Waals surface area contributed by atoms with Crippen LogP contribution in [0, 0.1) is 10.8 Å². The number of aromatic nitrogens is 1. The summed E-state index contributed by atoms with van der Waals surface area (Å²) in [6, 6.07) is 8.97. The summed E-state index contributed by atoms with van der Waals surface area (Å²) in [7, 11) is 0. The Labute approximate surface area is 188 Å². The quantitative estimate of drug-likeness (QED) is 0.341. The van der Waals surface area contributed by atoms with Gasteiger partial charge >= 0.3 is 0 Å². The molecule has 1 fully saturated rings. The lowest BCUT2D eigenvalue weighted by Crippen LogP contribution is -2.58. The third kappa shape index (κ3) is 4.92. The number of pyridine rings is 1. The van der Waals surface area contributed by atoms with Crippen LogP contribution in [0.2, 0.25) is 0 Å². The van der Waals surface area contributed by atoms with Gasteiger partial charge in [0.15, 0.2) is 0 Å². The number of hydrogen-bond acceptors (Lipinski definition) is 6. The summed E-state index contributed by atoms with van der Waals surface area (Å²) in [5, 5.41) is 22.1. The van der Waals surface area contributed by atoms with Crippen molar-refractivity contribution < 1.29 is 0 Å². The molecular formula is C24H30N8. The van der Waals surface area contributed by atoms with Gasteiger partial charge in [-0.1, -0.05) is 13.0 Å². The lowest BCUT2D eigenvalue weighted by Gasteiger charge is -2.35. The molecule has 6 N–H and O–H groups in total. The van der Waals surface area contributed by atoms with Crippen LogP contribution in [0.15, 0.2) is 53.8 Å². The average Bonchev–Trinajstić information content (AvgIpc) is 3.10. The van der Waals surface area contributed by atoms with E-state index in [1.807, 2.05) is 25.3 Å². The molecule has 1 atom stereocenters. The number of nitrogens with two attached hydrogens (primary N) is 1. The van der Waals surface area contributed by atoms with E-state index in [2.05, 4.69) is 51.0 Å². The molecule has 0 amide bonds. The van der Waals surface area contributed by atoms with Gasteiger partial charge in [-0.3, -0.25) is 10.4 Å². The molecule has 4 rings (SSSR count). The minimum atomic E-state index is 0.0475. The van der Waals surface area contributed by atoms with E-state index in [-0.39, 0.29) is 11.9 Å². The first-order valence-corrected chi connectivity index (χ1v) is 11.0. The smallest absolute Gasteiger partial charge is 0.146 e. The minimum absolute atomic E-state index is 0.0475. The first-order chi connectivity index (χ1) is 15.4. The van der Waals surface area contributed by atoms with E-state index in [4.69, 9.17) is 16.6 Å². The first-order valence-electron chi connectivity index (χ1n) is 11.0. The Hall–Kier alpha value is -3.36. The Morgan fingerprint density at radius 3 is 2.81 bits per heavy atom. The minimum Gasteiger partial charge on any atom is -0.387 e. The van der Waals surface area contributed by atoms with Gasteiger partial charge in [-0.05, 0) is 60.4 Å². The summed E-state index contributed by atoms with van der Waals surface area (Å²) < 4.78 is 0. The second kappa shape index (κ2) is 9.42. The summed E-state index contributed by atoms with van der Waals surface area (Å²) in [6.45, 7) is 6.07. The van der Waals surface area contributed by atoms with Gasteiger partial charge in [-0.2, -0.15) is 0 Å². The summed E-state index contributed by atoms with van der Waals surface area (Å²) in [4.78, 5) is 8.80. The predicted molar refractivity (Wildman–Crippen MR) is 131 cm³/mol. The Morgan fingerprint density at radius 2 is 2.09 bits per heavy atom. The van der Waals surface area contributed by atoms with Gasteiger partial charge in [0.1, 0.15) is 11.7 Å². The molecule has 0 bridgehead atoms. The van der Waals surface area contributed by atoms with Crippen LogP contribution in [0.3, 0.4) is 0 Å². The fourth-order valence-corrected chi connectivity index (χ4v) is 3.78. The van der Waals surface area contributed by atoms with Gasteiger partial charge in [0, 0.05) is 43.0 Å². The number of rotatable bonds is 7. The number of nitrogens with one attached hydrogen (secondary N) is 4. The highest BCUT2D eigenvalue weighted by molar-refractivity contribution is 6.05. The number of aliphatic imine (C=N–C) groups is 1. The lowest BCUT2D eigenvalue weighted by atomic mass is 10.0. The molecule has 1 aromatic heterocycles. The van der Waals surface area contributed by atoms with Crippen LogP contribution in [-0.2, 0) is 6.42 Å². The van der Waals surface area contributed by atoms with Crippen molar-refractivity contribution in [3.8, 4) is 0 Å². The highest BCUT2D eigenvalue weighted by Crippen LogP contribution is 2.27. The molecule has 2 aliphatic heterocycles. The van der Waals surface area contributed by atoms with Crippen molar-refractivity contribution in [2.45, 2.75) is 38.8 Å². The zero-order valence-electron chi connectivity index (χ0n) is 18.5. The number of benzene rings is 1. The van der Waals surface area contributed by atoms with Crippen molar-refractivity contribution in [2.24, 2.45) is 10.7 Å². The van der Waals surface area contributed by atoms with Crippen molar-refractivity contribution in [1.82, 2.24) is 20.7 Å². The molecule has 1 saturated heterocycles. The fraction of sp³-hybridized carbons (Fsp3) is 0.333. The van der Waals surface area contributed by atoms with Crippen LogP contribution in [0.5, 0.6) is 0 Å². The largest absolute Gasteiger partial charge is 0.387 e. The van der Waals surface area contributed by atoms with Crippen LogP contribution in [0.4, 0.5) is 0 Å². The van der Waals surface area contributed by atoms with Crippen molar-refractivity contribution in [1.29, 1.82) is 10.8 Å². The highest BCUT2D eigenvalue weighted by Gasteiger charge is 2.29. The van der Waals surface area contributed by atoms with Crippen LogP contribution < -0.4 is 16.5 Å². The normalized spacial score (nSPS) is 19.4. The fourth-order valence-electron chi connectivity index (χ4n) is 3.78. The van der Waals surface area contributed by atoms with Crippen molar-refractivity contribution in [3.05, 3.63) is 59.9 Å². The highest BCUT2D eigenvalue weighted by atomic mass is 15.6. The third-order valence-corrected chi connectivity index (χ3v) is 5.79. The van der Waals surface area contributed by atoms with E-state index < -0.39 is 0 Å². The average molecular weight is 431 g/mol. The summed E-state index contributed by atoms with van der Waals surface area (Å²) in [5.41, 5.74) is 14.4. The summed E-state index contributed by atoms with van der Waals surface area (Å²) in [6.07, 6.45) is 8.29. The molecule has 0 radical (unpaired) electrons. The van der Waals surface area contributed by atoms with Crippen LogP contribution in [0.1, 0.15) is 31.4 Å². The Kier molecular flexibility index (Phi) is 6.43. The van der Waals surface area contributed by atoms with Gasteiger partial charge in [0.2, 0.25) is 0 Å². The van der Waals surface area contributed by atoms with E-state index in [1.54, 1.807) is 6.08 Å². The topological polar surface area (TPSA) is 126 Å². The van der Waals surface area contributed by atoms with Gasteiger partial charge in [0.05, 0.1) is 17.6 Å². The molecule has 2 aromatic rings. The molecule has 32 heavy (non-hydrogen) atoms. The number of hydrazine groups is 1. The van der Waals surface area contributed by atoms with Crippen molar-refractivity contribution in [3.63, 3.8) is 0 Å². The number of hydrogen-bond donors (Lipinski definition) is 5. The molecule has 8 nitrogen and oxygen atoms in total. The number of fused-ring (bicyclic) bond motifs is 1. The van der Waals surface area contributed by atoms with Gasteiger partial charge < -0.3 is 21.5 Å². The molecule has 0 spiro atoms. The second-order valence-electron chi connectivity index (χ2n) is 8.28. The Balaban J connectivity index is 1.51. The molecule has 2 aliphatic rings. The zero-order chi connectivity index (χ0) is 22.7. The molecule has 1 aromatic carbocycles. The van der Waals surface area contributed by atoms with Crippen LogP contribution >= 0.6 is 0 Å². The van der Waals surface area contributed by atoms with E-state index >= 15 is 0 Å². The third-order valence-electron chi connectivity index (χ3n) is 5.79. The van der Waals surface area contributed by atoms with E-state index in [0.717, 1.165) is 35.1 Å². The van der Waals surface area contributed by atoms with Crippen LogP contribution in [0.25, 0.3) is 16.5 Å². The van der Waals surface area contributed by atoms with Crippen molar-refractivity contribution in [2.75, 3.05) is 13.1 Å². The zero-order valence-corrected chi connectivity index (χ0v) is 18.5. The maximum atomic E-state index is 7.91. The van der Waals surface area contributed by atoms with Crippen molar-refractivity contribution >= 4 is 33.9 Å². The lowest BCUT2D eigenvalue weighted by molar-refractivity contribution is 0.152. The predicted octanol–water partition coefficient (Wildman–Crippen LogP) is 2.62. The molecule has 0 saturated carbocycles. The first kappa shape index (κ1) is 21.9. The van der Waals surface area contributed by atoms with E-state index in [0.29, 0.717) is 30.4 Å². The molecular weight excluding hydrogens is 400 g/mol.